The van der Waals surface area contributed by atoms with Gasteiger partial charge < -0.3 is 19.0 Å². The number of methoxy groups -OCH3 is 1. The summed E-state index contributed by atoms with van der Waals surface area (Å²) in [4.78, 5) is 11.4. The van der Waals surface area contributed by atoms with E-state index < -0.39 is 5.97 Å². The number of hydrogen-bond donors (Lipinski definition) is 1. The second-order valence-electron chi connectivity index (χ2n) is 5.31. The fourth-order valence-electron chi connectivity index (χ4n) is 2.79. The molecule has 1 aliphatic carbocycles. The van der Waals surface area contributed by atoms with Gasteiger partial charge in [0, 0.05) is 0 Å². The average molecular weight is 290 g/mol. The van der Waals surface area contributed by atoms with Crippen LogP contribution in [0.2, 0.25) is 0 Å². The topological polar surface area (TPSA) is 68.9 Å². The second-order valence-corrected chi connectivity index (χ2v) is 5.31. The Hall–Kier alpha value is -2.17. The van der Waals surface area contributed by atoms with Gasteiger partial charge in [-0.3, -0.25) is 0 Å². The Morgan fingerprint density at radius 2 is 2.05 bits per heavy atom. The van der Waals surface area contributed by atoms with E-state index in [1.807, 2.05) is 0 Å². The molecule has 1 fully saturated rings. The van der Waals surface area contributed by atoms with E-state index >= 15 is 0 Å². The Bertz CT molecular complexity index is 652. The molecule has 5 nitrogen and oxygen atoms in total. The minimum Gasteiger partial charge on any atom is -0.497 e. The molecule has 5 heteroatoms. The third-order valence-corrected chi connectivity index (χ3v) is 3.88. The van der Waals surface area contributed by atoms with Crippen LogP contribution >= 0.6 is 0 Å². The van der Waals surface area contributed by atoms with Crippen LogP contribution in [-0.2, 0) is 0 Å². The van der Waals surface area contributed by atoms with E-state index in [0.717, 1.165) is 25.7 Å². The van der Waals surface area contributed by atoms with Crippen molar-refractivity contribution in [1.82, 2.24) is 0 Å². The lowest BCUT2D eigenvalue weighted by Crippen LogP contribution is -2.20. The van der Waals surface area contributed by atoms with Gasteiger partial charge in [0.05, 0.1) is 18.6 Å². The molecule has 1 N–H and O–H groups in total. The van der Waals surface area contributed by atoms with Gasteiger partial charge in [0.1, 0.15) is 11.3 Å². The summed E-state index contributed by atoms with van der Waals surface area (Å²) in [6.07, 6.45) is 5.42. The predicted octanol–water partition coefficient (Wildman–Crippen LogP) is 3.85. The molecule has 1 aromatic carbocycles. The fourth-order valence-corrected chi connectivity index (χ4v) is 2.79. The molecule has 0 aliphatic heterocycles. The number of furan rings is 1. The van der Waals surface area contributed by atoms with Crippen molar-refractivity contribution >= 4 is 16.9 Å². The van der Waals surface area contributed by atoms with Crippen LogP contribution in [0.1, 0.15) is 42.7 Å². The van der Waals surface area contributed by atoms with Gasteiger partial charge >= 0.3 is 5.97 Å². The van der Waals surface area contributed by atoms with Gasteiger partial charge in [-0.15, -0.1) is 0 Å². The lowest BCUT2D eigenvalue weighted by atomic mass is 9.98. The highest BCUT2D eigenvalue weighted by Gasteiger charge is 2.25. The average Bonchev–Trinajstić information content (AvgIpc) is 2.86. The number of benzene rings is 1. The largest absolute Gasteiger partial charge is 0.497 e. The van der Waals surface area contributed by atoms with Crippen LogP contribution in [0.25, 0.3) is 11.0 Å². The van der Waals surface area contributed by atoms with Crippen molar-refractivity contribution in [2.24, 2.45) is 0 Å². The maximum atomic E-state index is 11.4. The monoisotopic (exact) mass is 290 g/mol. The summed E-state index contributed by atoms with van der Waals surface area (Å²) in [5, 5.41) is 9.97. The van der Waals surface area contributed by atoms with Gasteiger partial charge in [0.25, 0.3) is 5.76 Å². The number of hydrogen-bond acceptors (Lipinski definition) is 4. The molecule has 0 saturated heterocycles. The molecule has 3 rings (SSSR count). The zero-order valence-electron chi connectivity index (χ0n) is 11.9. The quantitative estimate of drug-likeness (QED) is 0.926. The molecule has 1 heterocycles. The summed E-state index contributed by atoms with van der Waals surface area (Å²) in [6, 6.07) is 5.19. The Morgan fingerprint density at radius 1 is 1.29 bits per heavy atom. The number of carbonyl (C=O) groups is 1. The molecule has 1 saturated carbocycles. The number of carboxylic acids is 1. The van der Waals surface area contributed by atoms with Gasteiger partial charge in [-0.05, 0) is 43.9 Å². The third-order valence-electron chi connectivity index (χ3n) is 3.88. The maximum absolute atomic E-state index is 11.4. The first-order valence-electron chi connectivity index (χ1n) is 7.19. The van der Waals surface area contributed by atoms with E-state index in [9.17, 15) is 9.90 Å². The summed E-state index contributed by atoms with van der Waals surface area (Å²) in [5.41, 5.74) is 0.499. The Morgan fingerprint density at radius 3 is 2.71 bits per heavy atom. The first kappa shape index (κ1) is 13.8. The van der Waals surface area contributed by atoms with Crippen molar-refractivity contribution < 1.29 is 23.8 Å². The molecule has 0 atom stereocenters. The zero-order chi connectivity index (χ0) is 14.8. The first-order valence-corrected chi connectivity index (χ1v) is 7.19. The van der Waals surface area contributed by atoms with Crippen molar-refractivity contribution in [2.45, 2.75) is 38.2 Å². The summed E-state index contributed by atoms with van der Waals surface area (Å²) in [6.45, 7) is 0. The van der Waals surface area contributed by atoms with Gasteiger partial charge in [-0.2, -0.15) is 0 Å². The highest BCUT2D eigenvalue weighted by Crippen LogP contribution is 2.37. The molecule has 0 bridgehead atoms. The Balaban J connectivity index is 2.03. The van der Waals surface area contributed by atoms with E-state index in [1.54, 1.807) is 25.3 Å². The standard InChI is InChI=1S/C16H18O5/c1-19-11-7-8-13-12(9-11)14(15(21-13)16(17)18)20-10-5-3-2-4-6-10/h7-10H,2-6H2,1H3,(H,17,18). The van der Waals surface area contributed by atoms with E-state index in [-0.39, 0.29) is 11.9 Å². The number of fused-ring (bicyclic) bond motifs is 1. The van der Waals surface area contributed by atoms with Crippen LogP contribution in [-0.4, -0.2) is 24.3 Å². The molecule has 0 unspecified atom stereocenters. The molecule has 112 valence electrons. The molecule has 1 aromatic heterocycles. The summed E-state index contributed by atoms with van der Waals surface area (Å²) >= 11 is 0. The second kappa shape index (κ2) is 5.68. The fraction of sp³-hybridized carbons (Fsp3) is 0.438. The molecular formula is C16H18O5. The van der Waals surface area contributed by atoms with Crippen molar-refractivity contribution in [3.05, 3.63) is 24.0 Å². The van der Waals surface area contributed by atoms with Crippen LogP contribution in [0, 0.1) is 0 Å². The molecule has 1 aliphatic rings. The third kappa shape index (κ3) is 2.68. The number of carboxylic acid groups (broad SMARTS) is 1. The number of aromatic carboxylic acids is 1. The van der Waals surface area contributed by atoms with E-state index in [2.05, 4.69) is 0 Å². The smallest absolute Gasteiger partial charge is 0.375 e. The first-order chi connectivity index (χ1) is 10.2. The van der Waals surface area contributed by atoms with Gasteiger partial charge in [-0.1, -0.05) is 6.42 Å². The lowest BCUT2D eigenvalue weighted by molar-refractivity contribution is 0.0650. The summed E-state index contributed by atoms with van der Waals surface area (Å²) in [5.74, 6) is -0.281. The van der Waals surface area contributed by atoms with Crippen molar-refractivity contribution in [3.63, 3.8) is 0 Å². The summed E-state index contributed by atoms with van der Waals surface area (Å²) < 4.78 is 16.6. The van der Waals surface area contributed by atoms with E-state index in [4.69, 9.17) is 13.9 Å². The van der Waals surface area contributed by atoms with Crippen LogP contribution in [0.15, 0.2) is 22.6 Å². The zero-order valence-corrected chi connectivity index (χ0v) is 11.9. The molecule has 0 radical (unpaired) electrons. The van der Waals surface area contributed by atoms with Crippen molar-refractivity contribution in [1.29, 1.82) is 0 Å². The number of ether oxygens (including phenoxy) is 2. The SMILES string of the molecule is COc1ccc2oc(C(=O)O)c(OC3CCCCC3)c2c1. The van der Waals surface area contributed by atoms with Crippen molar-refractivity contribution in [2.75, 3.05) is 7.11 Å². The normalized spacial score (nSPS) is 16.0. The molecule has 21 heavy (non-hydrogen) atoms. The minimum absolute atomic E-state index is 0.0591. The highest BCUT2D eigenvalue weighted by atomic mass is 16.5. The minimum atomic E-state index is -1.11. The summed E-state index contributed by atoms with van der Waals surface area (Å²) in [7, 11) is 1.57. The van der Waals surface area contributed by atoms with E-state index in [0.29, 0.717) is 22.5 Å². The van der Waals surface area contributed by atoms with Crippen LogP contribution in [0.5, 0.6) is 11.5 Å². The number of rotatable bonds is 4. The maximum Gasteiger partial charge on any atom is 0.375 e. The van der Waals surface area contributed by atoms with Gasteiger partial charge in [0.2, 0.25) is 0 Å². The molecule has 2 aromatic rings. The van der Waals surface area contributed by atoms with Crippen LogP contribution in [0.3, 0.4) is 0 Å². The van der Waals surface area contributed by atoms with E-state index in [1.165, 1.54) is 6.42 Å². The van der Waals surface area contributed by atoms with Crippen LogP contribution < -0.4 is 9.47 Å². The molecular weight excluding hydrogens is 272 g/mol. The predicted molar refractivity (Wildman–Crippen MR) is 77.2 cm³/mol. The van der Waals surface area contributed by atoms with Crippen LogP contribution in [0.4, 0.5) is 0 Å². The highest BCUT2D eigenvalue weighted by molar-refractivity contribution is 5.98. The molecule has 0 amide bonds. The lowest BCUT2D eigenvalue weighted by Gasteiger charge is -2.22. The Kier molecular flexibility index (Phi) is 3.73. The molecule has 0 spiro atoms. The Labute approximate surface area is 122 Å². The van der Waals surface area contributed by atoms with Gasteiger partial charge in [0.15, 0.2) is 5.75 Å². The van der Waals surface area contributed by atoms with Gasteiger partial charge in [-0.25, -0.2) is 4.79 Å². The van der Waals surface area contributed by atoms with Crippen molar-refractivity contribution in [3.8, 4) is 11.5 Å².